The van der Waals surface area contributed by atoms with Crippen LogP contribution in [0.1, 0.15) is 111 Å². The Morgan fingerprint density at radius 3 is 2.02 bits per heavy atom. The largest absolute Gasteiger partial charge is 0.465 e. The molecule has 0 spiro atoms. The molecule has 7 nitrogen and oxygen atoms in total. The first-order valence-electron chi connectivity index (χ1n) is 15.5. The van der Waals surface area contributed by atoms with Gasteiger partial charge in [0, 0.05) is 32.7 Å². The van der Waals surface area contributed by atoms with Crippen LogP contribution < -0.4 is 0 Å². The van der Waals surface area contributed by atoms with Gasteiger partial charge in [0.05, 0.1) is 25.9 Å². The standard InChI is InChI=1S/C33H53NO6/c1-6-25(2)33(40-28(5)37)21-17-12-10-8-7-9-11-16-20-31-30(23-39-27(4)36)32(34(31)26(3)35)24-38-22-29-18-14-13-15-19-29/h13-15,18-19,25,30-33H,6-12,16-17,20-24H2,1-5H3/t25-,30+,31-,32-,33-/m0/s1. The van der Waals surface area contributed by atoms with Crippen molar-refractivity contribution in [2.45, 2.75) is 130 Å². The van der Waals surface area contributed by atoms with Gasteiger partial charge >= 0.3 is 11.9 Å². The van der Waals surface area contributed by atoms with Gasteiger partial charge in [-0.3, -0.25) is 14.4 Å². The van der Waals surface area contributed by atoms with Crippen molar-refractivity contribution in [1.29, 1.82) is 0 Å². The highest BCUT2D eigenvalue weighted by molar-refractivity contribution is 5.75. The molecule has 226 valence electrons. The van der Waals surface area contributed by atoms with Gasteiger partial charge in [0.1, 0.15) is 6.10 Å². The fraction of sp³-hybridized carbons (Fsp3) is 0.727. The molecule has 0 aliphatic carbocycles. The van der Waals surface area contributed by atoms with Crippen LogP contribution in [0, 0.1) is 11.8 Å². The molecule has 1 amide bonds. The molecule has 1 aromatic rings. The Morgan fingerprint density at radius 2 is 1.45 bits per heavy atom. The second-order valence-corrected chi connectivity index (χ2v) is 11.5. The van der Waals surface area contributed by atoms with Gasteiger partial charge < -0.3 is 19.1 Å². The lowest BCUT2D eigenvalue weighted by Crippen LogP contribution is -2.68. The van der Waals surface area contributed by atoms with E-state index < -0.39 is 0 Å². The van der Waals surface area contributed by atoms with E-state index in [0.29, 0.717) is 25.7 Å². The average Bonchev–Trinajstić information content (AvgIpc) is 2.91. The summed E-state index contributed by atoms with van der Waals surface area (Å²) in [4.78, 5) is 37.3. The Morgan fingerprint density at radius 1 is 0.825 bits per heavy atom. The molecule has 1 aliphatic heterocycles. The molecule has 1 heterocycles. The molecule has 0 saturated carbocycles. The number of benzene rings is 1. The van der Waals surface area contributed by atoms with Crippen LogP contribution in [0.4, 0.5) is 0 Å². The van der Waals surface area contributed by atoms with Crippen LogP contribution >= 0.6 is 0 Å². The van der Waals surface area contributed by atoms with Gasteiger partial charge in [-0.1, -0.05) is 95.5 Å². The molecule has 5 atom stereocenters. The number of likely N-dealkylation sites (tertiary alicyclic amines) is 1. The van der Waals surface area contributed by atoms with E-state index >= 15 is 0 Å². The van der Waals surface area contributed by atoms with Crippen LogP contribution in [-0.2, 0) is 35.2 Å². The van der Waals surface area contributed by atoms with E-state index in [0.717, 1.165) is 44.1 Å². The summed E-state index contributed by atoms with van der Waals surface area (Å²) >= 11 is 0. The average molecular weight is 560 g/mol. The smallest absolute Gasteiger partial charge is 0.302 e. The number of hydrogen-bond acceptors (Lipinski definition) is 6. The van der Waals surface area contributed by atoms with E-state index in [2.05, 4.69) is 13.8 Å². The lowest BCUT2D eigenvalue weighted by Gasteiger charge is -2.54. The van der Waals surface area contributed by atoms with Crippen molar-refractivity contribution in [3.63, 3.8) is 0 Å². The summed E-state index contributed by atoms with van der Waals surface area (Å²) in [7, 11) is 0. The SMILES string of the molecule is CC[C@H](C)[C@H](CCCCCCCCCC[C@H]1[C@@H](COC(C)=O)[C@H](COCc2ccccc2)N1C(C)=O)OC(C)=O. The third kappa shape index (κ3) is 12.0. The van der Waals surface area contributed by atoms with Gasteiger partial charge in [-0.25, -0.2) is 0 Å². The fourth-order valence-electron chi connectivity index (χ4n) is 5.84. The summed E-state index contributed by atoms with van der Waals surface area (Å²) in [6, 6.07) is 10.0. The molecule has 1 saturated heterocycles. The zero-order valence-corrected chi connectivity index (χ0v) is 25.6. The summed E-state index contributed by atoms with van der Waals surface area (Å²) in [5.74, 6) is 0.106. The molecule has 7 heteroatoms. The zero-order valence-electron chi connectivity index (χ0n) is 25.6. The molecule has 0 bridgehead atoms. The third-order valence-corrected chi connectivity index (χ3v) is 8.28. The van der Waals surface area contributed by atoms with E-state index in [4.69, 9.17) is 14.2 Å². The first-order valence-corrected chi connectivity index (χ1v) is 15.5. The van der Waals surface area contributed by atoms with Crippen molar-refractivity contribution in [3.05, 3.63) is 35.9 Å². The lowest BCUT2D eigenvalue weighted by atomic mass is 9.77. The maximum Gasteiger partial charge on any atom is 0.302 e. The summed E-state index contributed by atoms with van der Waals surface area (Å²) in [5.41, 5.74) is 1.10. The van der Waals surface area contributed by atoms with Crippen molar-refractivity contribution in [1.82, 2.24) is 4.90 Å². The monoisotopic (exact) mass is 559 g/mol. The van der Waals surface area contributed by atoms with Crippen molar-refractivity contribution in [3.8, 4) is 0 Å². The maximum absolute atomic E-state index is 12.5. The first kappa shape index (κ1) is 33.8. The van der Waals surface area contributed by atoms with Gasteiger partial charge in [0.25, 0.3) is 0 Å². The molecule has 2 rings (SSSR count). The van der Waals surface area contributed by atoms with Crippen molar-refractivity contribution in [2.75, 3.05) is 13.2 Å². The van der Waals surface area contributed by atoms with Crippen LogP contribution in [-0.4, -0.2) is 54.1 Å². The normalized spacial score (nSPS) is 19.9. The quantitative estimate of drug-likeness (QED) is 0.128. The minimum Gasteiger partial charge on any atom is -0.465 e. The van der Waals surface area contributed by atoms with E-state index in [1.165, 1.54) is 46.0 Å². The predicted octanol–water partition coefficient (Wildman–Crippen LogP) is 6.86. The van der Waals surface area contributed by atoms with Gasteiger partial charge in [-0.15, -0.1) is 0 Å². The molecule has 1 aromatic carbocycles. The molecule has 0 unspecified atom stereocenters. The van der Waals surface area contributed by atoms with Gasteiger partial charge in [0.15, 0.2) is 0 Å². The Kier molecular flexibility index (Phi) is 15.9. The molecule has 0 radical (unpaired) electrons. The molecule has 1 fully saturated rings. The number of hydrogen-bond donors (Lipinski definition) is 0. The van der Waals surface area contributed by atoms with Crippen LogP contribution in [0.25, 0.3) is 0 Å². The lowest BCUT2D eigenvalue weighted by molar-refractivity contribution is -0.169. The van der Waals surface area contributed by atoms with E-state index in [1.807, 2.05) is 35.2 Å². The second-order valence-electron chi connectivity index (χ2n) is 11.5. The first-order chi connectivity index (χ1) is 19.2. The Hall–Kier alpha value is -2.41. The Balaban J connectivity index is 1.68. The molecular weight excluding hydrogens is 506 g/mol. The van der Waals surface area contributed by atoms with Gasteiger partial charge in [-0.2, -0.15) is 0 Å². The maximum atomic E-state index is 12.5. The molecule has 0 N–H and O–H groups in total. The molecular formula is C33H53NO6. The summed E-state index contributed by atoms with van der Waals surface area (Å²) in [6.07, 6.45) is 12.3. The van der Waals surface area contributed by atoms with Crippen molar-refractivity contribution in [2.24, 2.45) is 11.8 Å². The number of esters is 2. The van der Waals surface area contributed by atoms with Crippen LogP contribution in [0.3, 0.4) is 0 Å². The zero-order chi connectivity index (χ0) is 29.3. The number of rotatable bonds is 20. The van der Waals surface area contributed by atoms with E-state index in [1.54, 1.807) is 6.92 Å². The van der Waals surface area contributed by atoms with Crippen LogP contribution in [0.2, 0.25) is 0 Å². The van der Waals surface area contributed by atoms with Gasteiger partial charge in [0.2, 0.25) is 5.91 Å². The highest BCUT2D eigenvalue weighted by Crippen LogP contribution is 2.37. The summed E-state index contributed by atoms with van der Waals surface area (Å²) in [6.45, 7) is 10.1. The summed E-state index contributed by atoms with van der Waals surface area (Å²) in [5, 5.41) is 0. The number of ether oxygens (including phenoxy) is 3. The Labute approximate surface area is 242 Å². The number of amides is 1. The number of unbranched alkanes of at least 4 members (excludes halogenated alkanes) is 7. The van der Waals surface area contributed by atoms with Crippen LogP contribution in [0.5, 0.6) is 0 Å². The molecule has 40 heavy (non-hydrogen) atoms. The number of carbonyl (C=O) groups excluding carboxylic acids is 3. The Bertz CT molecular complexity index is 875. The molecule has 0 aromatic heterocycles. The highest BCUT2D eigenvalue weighted by atomic mass is 16.5. The summed E-state index contributed by atoms with van der Waals surface area (Å²) < 4.78 is 16.9. The van der Waals surface area contributed by atoms with E-state index in [-0.39, 0.29) is 42.0 Å². The second kappa shape index (κ2) is 18.8. The van der Waals surface area contributed by atoms with Gasteiger partial charge in [-0.05, 0) is 30.7 Å². The van der Waals surface area contributed by atoms with E-state index in [9.17, 15) is 14.4 Å². The minimum absolute atomic E-state index is 0.0447. The predicted molar refractivity (Wildman–Crippen MR) is 157 cm³/mol. The number of nitrogens with zero attached hydrogens (tertiary/aromatic N) is 1. The fourth-order valence-corrected chi connectivity index (χ4v) is 5.84. The minimum atomic E-state index is -0.286. The number of carbonyl (C=O) groups is 3. The topological polar surface area (TPSA) is 82.1 Å². The highest BCUT2D eigenvalue weighted by Gasteiger charge is 2.49. The van der Waals surface area contributed by atoms with Crippen molar-refractivity contribution < 1.29 is 28.6 Å². The molecule has 1 aliphatic rings. The third-order valence-electron chi connectivity index (χ3n) is 8.28. The van der Waals surface area contributed by atoms with Crippen LogP contribution in [0.15, 0.2) is 30.3 Å². The van der Waals surface area contributed by atoms with Crippen molar-refractivity contribution >= 4 is 17.8 Å².